The minimum Gasteiger partial charge on any atom is -0.493 e. The highest BCUT2D eigenvalue weighted by Gasteiger charge is 2.24. The molecule has 24 heavy (non-hydrogen) atoms. The smallest absolute Gasteiger partial charge is 0.234 e. The second-order valence-electron chi connectivity index (χ2n) is 5.91. The van der Waals surface area contributed by atoms with Crippen molar-refractivity contribution in [3.63, 3.8) is 0 Å². The van der Waals surface area contributed by atoms with E-state index in [1.807, 2.05) is 26.0 Å². The maximum Gasteiger partial charge on any atom is 0.234 e. The van der Waals surface area contributed by atoms with Crippen LogP contribution in [0.15, 0.2) is 23.1 Å². The van der Waals surface area contributed by atoms with Gasteiger partial charge in [0, 0.05) is 18.7 Å². The molecule has 0 radical (unpaired) electrons. The molecule has 0 bridgehead atoms. The van der Waals surface area contributed by atoms with Crippen molar-refractivity contribution >= 4 is 22.3 Å². The average molecular weight is 352 g/mol. The molecule has 1 aromatic rings. The van der Waals surface area contributed by atoms with Gasteiger partial charge in [-0.25, -0.2) is 5.43 Å². The van der Waals surface area contributed by atoms with Crippen LogP contribution in [0.25, 0.3) is 5.57 Å². The summed E-state index contributed by atoms with van der Waals surface area (Å²) in [7, 11) is 1.89. The van der Waals surface area contributed by atoms with Crippen LogP contribution < -0.4 is 20.3 Å². The first-order valence-corrected chi connectivity index (χ1v) is 9.25. The Kier molecular flexibility index (Phi) is 6.01. The molecule has 0 aromatic heterocycles. The highest BCUT2D eigenvalue weighted by Crippen LogP contribution is 2.36. The van der Waals surface area contributed by atoms with E-state index >= 15 is 0 Å². The largest absolute Gasteiger partial charge is 0.493 e. The molecule has 2 rings (SSSR count). The normalized spacial score (nSPS) is 22.7. The van der Waals surface area contributed by atoms with Crippen LogP contribution in [-0.4, -0.2) is 36.6 Å². The molecular weight excluding hydrogens is 328 g/mol. The molecule has 1 aliphatic heterocycles. The Hall–Kier alpha value is -1.86. The Balaban J connectivity index is 2.40. The van der Waals surface area contributed by atoms with Crippen molar-refractivity contribution in [3.8, 4) is 11.5 Å². The number of hydrogen-bond acceptors (Lipinski definition) is 5. The predicted molar refractivity (Wildman–Crippen MR) is 94.4 cm³/mol. The van der Waals surface area contributed by atoms with Crippen LogP contribution in [0.2, 0.25) is 0 Å². The van der Waals surface area contributed by atoms with Gasteiger partial charge in [0.15, 0.2) is 11.5 Å². The second kappa shape index (κ2) is 7.81. The van der Waals surface area contributed by atoms with Gasteiger partial charge in [0.2, 0.25) is 5.91 Å². The molecule has 6 nitrogen and oxygen atoms in total. The lowest BCUT2D eigenvalue weighted by atomic mass is 9.93. The molecule has 7 heteroatoms. The Morgan fingerprint density at radius 3 is 2.58 bits per heavy atom. The summed E-state index contributed by atoms with van der Waals surface area (Å²) in [4.78, 5) is 12.0. The fraction of sp³-hybridized carbons (Fsp3) is 0.471. The molecule has 1 saturated heterocycles. The van der Waals surface area contributed by atoms with Crippen molar-refractivity contribution in [2.24, 2.45) is 5.92 Å². The van der Waals surface area contributed by atoms with Crippen molar-refractivity contribution in [2.45, 2.75) is 31.2 Å². The summed E-state index contributed by atoms with van der Waals surface area (Å²) in [6.45, 7) is 4.01. The van der Waals surface area contributed by atoms with Crippen molar-refractivity contribution in [1.82, 2.24) is 10.9 Å². The van der Waals surface area contributed by atoms with E-state index in [0.717, 1.165) is 11.1 Å². The first kappa shape index (κ1) is 18.5. The summed E-state index contributed by atoms with van der Waals surface area (Å²) in [5, 5.41) is 0. The third kappa shape index (κ3) is 3.96. The summed E-state index contributed by atoms with van der Waals surface area (Å²) in [5.74, 6) is 1.23. The number of benzene rings is 1. The Morgan fingerprint density at radius 1 is 1.33 bits per heavy atom. The molecule has 0 aliphatic carbocycles. The SMILES string of the molecule is COc1cc(/C(C)=C/C2NNC(=O)CC2C)cc(S(C)=O)c1OC. The van der Waals surface area contributed by atoms with E-state index in [-0.39, 0.29) is 17.9 Å². The van der Waals surface area contributed by atoms with Gasteiger partial charge in [0.25, 0.3) is 0 Å². The van der Waals surface area contributed by atoms with Crippen LogP contribution in [-0.2, 0) is 15.6 Å². The van der Waals surface area contributed by atoms with Crippen LogP contribution in [0.5, 0.6) is 11.5 Å². The average Bonchev–Trinajstić information content (AvgIpc) is 2.55. The maximum atomic E-state index is 12.0. The van der Waals surface area contributed by atoms with Crippen LogP contribution in [0.1, 0.15) is 25.8 Å². The van der Waals surface area contributed by atoms with Crippen molar-refractivity contribution in [3.05, 3.63) is 23.8 Å². The number of rotatable bonds is 5. The molecule has 132 valence electrons. The van der Waals surface area contributed by atoms with E-state index in [1.165, 1.54) is 7.11 Å². The number of hydrazine groups is 1. The van der Waals surface area contributed by atoms with Gasteiger partial charge in [-0.1, -0.05) is 13.0 Å². The van der Waals surface area contributed by atoms with Crippen LogP contribution in [0.4, 0.5) is 0 Å². The standard InChI is InChI=1S/C17H24N2O4S/c1-10(6-13-11(2)7-16(20)19-18-13)12-8-14(22-3)17(23-4)15(9-12)24(5)21/h6,8-9,11,13,18H,7H2,1-5H3,(H,19,20)/b10-6+. The molecular formula is C17H24N2O4S. The van der Waals surface area contributed by atoms with Crippen molar-refractivity contribution < 1.29 is 18.5 Å². The molecule has 1 aliphatic rings. The summed E-state index contributed by atoms with van der Waals surface area (Å²) in [6.07, 6.45) is 4.16. The highest BCUT2D eigenvalue weighted by molar-refractivity contribution is 7.84. The molecule has 1 aromatic carbocycles. The number of allylic oxidation sites excluding steroid dienone is 1. The number of carbonyl (C=O) groups is 1. The predicted octanol–water partition coefficient (Wildman–Crippen LogP) is 1.87. The Bertz CT molecular complexity index is 687. The molecule has 3 atom stereocenters. The molecule has 0 spiro atoms. The quantitative estimate of drug-likeness (QED) is 0.846. The van der Waals surface area contributed by atoms with E-state index in [0.29, 0.717) is 22.8 Å². The number of carbonyl (C=O) groups excluding carboxylic acids is 1. The summed E-state index contributed by atoms with van der Waals surface area (Å²) in [5.41, 5.74) is 7.59. The van der Waals surface area contributed by atoms with Gasteiger partial charge < -0.3 is 9.47 Å². The fourth-order valence-corrected chi connectivity index (χ4v) is 3.46. The van der Waals surface area contributed by atoms with Crippen molar-refractivity contribution in [1.29, 1.82) is 0 Å². The summed E-state index contributed by atoms with van der Waals surface area (Å²) < 4.78 is 22.8. The zero-order valence-corrected chi connectivity index (χ0v) is 15.5. The van der Waals surface area contributed by atoms with E-state index in [9.17, 15) is 9.00 Å². The number of methoxy groups -OCH3 is 2. The van der Waals surface area contributed by atoms with E-state index in [4.69, 9.17) is 9.47 Å². The lowest BCUT2D eigenvalue weighted by molar-refractivity contribution is -0.125. The van der Waals surface area contributed by atoms with Gasteiger partial charge in [-0.2, -0.15) is 0 Å². The third-order valence-corrected chi connectivity index (χ3v) is 5.06. The molecule has 3 unspecified atom stereocenters. The lowest BCUT2D eigenvalue weighted by Crippen LogP contribution is -2.52. The number of hydrogen-bond donors (Lipinski definition) is 2. The van der Waals surface area contributed by atoms with Gasteiger partial charge in [-0.15, -0.1) is 0 Å². The van der Waals surface area contributed by atoms with E-state index in [2.05, 4.69) is 16.9 Å². The first-order chi connectivity index (χ1) is 11.4. The van der Waals surface area contributed by atoms with Gasteiger partial charge in [-0.05, 0) is 36.1 Å². The molecule has 1 heterocycles. The topological polar surface area (TPSA) is 76.7 Å². The lowest BCUT2D eigenvalue weighted by Gasteiger charge is -2.28. The zero-order valence-electron chi connectivity index (χ0n) is 14.6. The van der Waals surface area contributed by atoms with Crippen LogP contribution >= 0.6 is 0 Å². The minimum absolute atomic E-state index is 0.000384. The fourth-order valence-electron chi connectivity index (χ4n) is 2.72. The summed E-state index contributed by atoms with van der Waals surface area (Å²) >= 11 is 0. The van der Waals surface area contributed by atoms with Gasteiger partial charge in [-0.3, -0.25) is 14.4 Å². The zero-order chi connectivity index (χ0) is 17.9. The molecule has 1 amide bonds. The van der Waals surface area contributed by atoms with Crippen molar-refractivity contribution in [2.75, 3.05) is 20.5 Å². The second-order valence-corrected chi connectivity index (χ2v) is 7.26. The van der Waals surface area contributed by atoms with Gasteiger partial charge in [0.1, 0.15) is 0 Å². The minimum atomic E-state index is -1.20. The first-order valence-electron chi connectivity index (χ1n) is 7.70. The Labute approximate surface area is 145 Å². The monoisotopic (exact) mass is 352 g/mol. The highest BCUT2D eigenvalue weighted by atomic mass is 32.2. The Morgan fingerprint density at radius 2 is 2.04 bits per heavy atom. The van der Waals surface area contributed by atoms with Crippen LogP contribution in [0, 0.1) is 5.92 Å². The number of amides is 1. The molecule has 2 N–H and O–H groups in total. The third-order valence-electron chi connectivity index (χ3n) is 4.14. The molecule has 1 fully saturated rings. The van der Waals surface area contributed by atoms with Crippen LogP contribution in [0.3, 0.4) is 0 Å². The van der Waals surface area contributed by atoms with E-state index in [1.54, 1.807) is 13.4 Å². The van der Waals surface area contributed by atoms with E-state index < -0.39 is 10.8 Å². The van der Waals surface area contributed by atoms with Gasteiger partial charge in [0.05, 0.1) is 29.9 Å². The van der Waals surface area contributed by atoms with Gasteiger partial charge >= 0.3 is 0 Å². The molecule has 0 saturated carbocycles. The number of nitrogens with one attached hydrogen (secondary N) is 2. The summed E-state index contributed by atoms with van der Waals surface area (Å²) in [6, 6.07) is 3.76. The number of ether oxygens (including phenoxy) is 2. The maximum absolute atomic E-state index is 12.0.